The predicted molar refractivity (Wildman–Crippen MR) is 31.8 cm³/mol. The molecule has 0 saturated heterocycles. The summed E-state index contributed by atoms with van der Waals surface area (Å²) in [5.41, 5.74) is 0. The minimum absolute atomic E-state index is 0. The molecule has 33 valence electrons. The van der Waals surface area contributed by atoms with E-state index < -0.39 is 0 Å². The molecule has 1 atom stereocenters. The maximum atomic E-state index is 8.36. The van der Waals surface area contributed by atoms with Crippen LogP contribution in [0.5, 0.6) is 0 Å². The molecule has 1 unspecified atom stereocenters. The zero-order chi connectivity index (χ0) is 2.00. The van der Waals surface area contributed by atoms with Crippen molar-refractivity contribution < 1.29 is 21.4 Å². The molecule has 7 radical (unpaired) electrons. The van der Waals surface area contributed by atoms with Crippen LogP contribution >= 0.6 is 9.90 Å². The normalized spacial score (nSPS) is 0.667. The Bertz CT molecular complexity index is 15.5. The summed E-state index contributed by atoms with van der Waals surface area (Å²) in [6.07, 6.45) is 0. The summed E-state index contributed by atoms with van der Waals surface area (Å²) < 4.78 is 8.36. The van der Waals surface area contributed by atoms with E-state index in [1.165, 1.54) is 0 Å². The molecule has 0 aliphatic heterocycles. The van der Waals surface area contributed by atoms with E-state index in [4.69, 9.17) is 2.81 Å². The van der Waals surface area contributed by atoms with E-state index in [1.807, 2.05) is 0 Å². The van der Waals surface area contributed by atoms with Crippen LogP contribution in [-0.4, -0.2) is 60.4 Å². The van der Waals surface area contributed by atoms with Gasteiger partial charge in [0, 0.05) is 27.0 Å². The molecule has 0 heterocycles. The van der Waals surface area contributed by atoms with E-state index >= 15 is 0 Å². The standard InChI is InChI=1S/B.Bi.O.H3P.Pb.V.2H/h;;;1H3;;;;. The molecule has 1 nitrogen and oxygen atoms in total. The Hall–Kier alpha value is 2.68. The summed E-state index contributed by atoms with van der Waals surface area (Å²) in [6.45, 7) is 0. The van der Waals surface area contributed by atoms with Crippen LogP contribution in [-0.2, 0) is 21.4 Å². The van der Waals surface area contributed by atoms with E-state index in [0.29, 0.717) is 0 Å². The molecule has 0 aromatic carbocycles. The molecule has 0 aromatic heterocycles. The van der Waals surface area contributed by atoms with Gasteiger partial charge in [-0.3, -0.25) is 0 Å². The van der Waals surface area contributed by atoms with Gasteiger partial charge in [0.05, 0.1) is 0 Å². The molecule has 6 heteroatoms. The Labute approximate surface area is 90.3 Å². The van der Waals surface area contributed by atoms with Crippen molar-refractivity contribution in [1.82, 2.24) is 0 Å². The molecule has 0 N–H and O–H groups in total. The van der Waals surface area contributed by atoms with Crippen molar-refractivity contribution in [2.75, 3.05) is 0 Å². The smallest absolute Gasteiger partial charge is 0 e. The van der Waals surface area contributed by atoms with Crippen molar-refractivity contribution in [3.63, 3.8) is 0 Å². The van der Waals surface area contributed by atoms with Crippen molar-refractivity contribution in [2.24, 2.45) is 0 Å². The second-order valence-corrected chi connectivity index (χ2v) is 0. The summed E-state index contributed by atoms with van der Waals surface area (Å²) in [5, 5.41) is 0. The second kappa shape index (κ2) is 47.6. The summed E-state index contributed by atoms with van der Waals surface area (Å²) in [6, 6.07) is 0. The molecular formula is H5BBiOPPbV. The number of rotatable bonds is 0. The van der Waals surface area contributed by atoms with E-state index in [2.05, 4.69) is 0 Å². The quantitative estimate of drug-likeness (QED) is 0.269. The topological polar surface area (TPSA) is 17.1 Å². The van der Waals surface area contributed by atoms with Crippen LogP contribution in [0.1, 0.15) is 0 Å². The largest absolute Gasteiger partial charge is 0 e. The molecule has 0 aliphatic carbocycles. The van der Waals surface area contributed by atoms with Crippen LogP contribution in [0.4, 0.5) is 0 Å². The summed E-state index contributed by atoms with van der Waals surface area (Å²) in [4.78, 5) is 0. The summed E-state index contributed by atoms with van der Waals surface area (Å²) in [5.74, 6) is 0. The Morgan fingerprint density at radius 3 is 1.17 bits per heavy atom. The van der Waals surface area contributed by atoms with Crippen LogP contribution in [0.25, 0.3) is 0 Å². The SMILES string of the molecule is P.[B].[O]=[Bi].[PbH2].[V]. The van der Waals surface area contributed by atoms with Crippen LogP contribution in [0.15, 0.2) is 0 Å². The molecule has 0 spiro atoms. The van der Waals surface area contributed by atoms with Crippen molar-refractivity contribution in [3.8, 4) is 0 Å². The summed E-state index contributed by atoms with van der Waals surface area (Å²) >= 11 is 0.194. The molecule has 0 saturated carbocycles. The molecule has 0 bridgehead atoms. The van der Waals surface area contributed by atoms with Crippen molar-refractivity contribution in [2.45, 2.75) is 0 Å². The van der Waals surface area contributed by atoms with E-state index in [9.17, 15) is 0 Å². The van der Waals surface area contributed by atoms with Gasteiger partial charge >= 0.3 is 54.8 Å². The van der Waals surface area contributed by atoms with Crippen LogP contribution in [0, 0.1) is 0 Å². The van der Waals surface area contributed by atoms with Gasteiger partial charge < -0.3 is 0 Å². The van der Waals surface area contributed by atoms with Crippen LogP contribution in [0.3, 0.4) is 0 Å². The number of hydrogen-bond acceptors (Lipinski definition) is 1. The molecule has 0 aliphatic rings. The molecule has 0 aromatic rings. The van der Waals surface area contributed by atoms with Gasteiger partial charge in [0.2, 0.25) is 0 Å². The first-order valence-corrected chi connectivity index (χ1v) is 1.60. The van der Waals surface area contributed by atoms with Gasteiger partial charge in [-0.05, 0) is 0 Å². The molecule has 0 amide bonds. The minimum Gasteiger partial charge on any atom is 0 e. The average Bonchev–Trinajstić information content (AvgIpc) is 1.00. The first-order valence-electron chi connectivity index (χ1n) is 0.183. The van der Waals surface area contributed by atoms with Gasteiger partial charge in [-0.25, -0.2) is 0 Å². The Morgan fingerprint density at radius 1 is 1.17 bits per heavy atom. The van der Waals surface area contributed by atoms with Crippen LogP contribution < -0.4 is 0 Å². The molecular weight excluding hydrogens is 525 g/mol. The van der Waals surface area contributed by atoms with Gasteiger partial charge in [0.1, 0.15) is 0 Å². The van der Waals surface area contributed by atoms with Crippen molar-refractivity contribution in [3.05, 3.63) is 0 Å². The zero-order valence-electron chi connectivity index (χ0n) is 3.29. The third kappa shape index (κ3) is 30.0. The first-order chi connectivity index (χ1) is 1.00. The Balaban J connectivity index is -0.000000000833. The van der Waals surface area contributed by atoms with Gasteiger partial charge in [0.25, 0.3) is 0 Å². The fraction of sp³-hybridized carbons (Fsp3) is 0. The van der Waals surface area contributed by atoms with Gasteiger partial charge in [-0.15, -0.1) is 0 Å². The fourth-order valence-corrected chi connectivity index (χ4v) is 0. The van der Waals surface area contributed by atoms with Gasteiger partial charge in [-0.1, -0.05) is 0 Å². The maximum Gasteiger partial charge on any atom is 0 e. The fourth-order valence-electron chi connectivity index (χ4n) is 0. The third-order valence-electron chi connectivity index (χ3n) is 0. The van der Waals surface area contributed by atoms with Crippen molar-refractivity contribution in [1.29, 1.82) is 0 Å². The number of hydrogen-bond donors (Lipinski definition) is 0. The van der Waals surface area contributed by atoms with Gasteiger partial charge in [0.15, 0.2) is 0 Å². The van der Waals surface area contributed by atoms with Crippen LogP contribution in [0.2, 0.25) is 0 Å². The summed E-state index contributed by atoms with van der Waals surface area (Å²) in [7, 11) is 0. The van der Waals surface area contributed by atoms with E-state index in [-0.39, 0.29) is 88.9 Å². The average molecular weight is 530 g/mol. The van der Waals surface area contributed by atoms with E-state index in [1.54, 1.807) is 0 Å². The third-order valence-corrected chi connectivity index (χ3v) is 0. The van der Waals surface area contributed by atoms with Crippen molar-refractivity contribution >= 4 is 70.3 Å². The molecule has 0 rings (SSSR count). The van der Waals surface area contributed by atoms with Gasteiger partial charge in [-0.2, -0.15) is 9.90 Å². The minimum atomic E-state index is 0. The first kappa shape index (κ1) is 37.8. The Kier molecular flexibility index (Phi) is 300. The maximum absolute atomic E-state index is 8.36. The van der Waals surface area contributed by atoms with E-state index in [0.717, 1.165) is 0 Å². The monoisotopic (exact) mass is 531 g/mol. The predicted octanol–water partition coefficient (Wildman–Crippen LogP) is -1.74. The zero-order valence-corrected chi connectivity index (χ0v) is 15.1. The molecule has 0 fully saturated rings. The second-order valence-electron chi connectivity index (χ2n) is 0. The Morgan fingerprint density at radius 2 is 1.17 bits per heavy atom. The molecule has 6 heavy (non-hydrogen) atoms.